The molecule has 23 heavy (non-hydrogen) atoms. The third kappa shape index (κ3) is 3.38. The summed E-state index contributed by atoms with van der Waals surface area (Å²) in [6.45, 7) is 0.365. The molecule has 0 saturated carbocycles. The van der Waals surface area contributed by atoms with Gasteiger partial charge in [0, 0.05) is 11.9 Å². The number of fused-ring (bicyclic) bond motifs is 1. The molecule has 3 rings (SSSR count). The van der Waals surface area contributed by atoms with E-state index in [2.05, 4.69) is 5.32 Å². The van der Waals surface area contributed by atoms with Crippen molar-refractivity contribution in [2.45, 2.75) is 12.5 Å². The Kier molecular flexibility index (Phi) is 4.64. The second kappa shape index (κ2) is 6.85. The van der Waals surface area contributed by atoms with Crippen LogP contribution in [0.1, 0.15) is 28.6 Å². The molecule has 0 radical (unpaired) electrons. The Morgan fingerprint density at radius 1 is 1.43 bits per heavy atom. The third-order valence-corrected chi connectivity index (χ3v) is 4.28. The third-order valence-electron chi connectivity index (χ3n) is 3.58. The molecule has 0 saturated heterocycles. The minimum Gasteiger partial charge on any atom is -0.493 e. The average Bonchev–Trinajstić information content (AvgIpc) is 3.23. The molecular weight excluding hydrogens is 314 g/mol. The van der Waals surface area contributed by atoms with Gasteiger partial charge in [-0.15, -0.1) is 0 Å². The number of thiophene rings is 1. The molecule has 0 aliphatic heterocycles. The highest BCUT2D eigenvalue weighted by Gasteiger charge is 2.15. The van der Waals surface area contributed by atoms with Crippen LogP contribution in [0.15, 0.2) is 45.5 Å². The van der Waals surface area contributed by atoms with E-state index in [4.69, 9.17) is 9.15 Å². The van der Waals surface area contributed by atoms with E-state index in [-0.39, 0.29) is 11.7 Å². The number of amides is 1. The van der Waals surface area contributed by atoms with Crippen LogP contribution in [0.2, 0.25) is 0 Å². The summed E-state index contributed by atoms with van der Waals surface area (Å²) in [5.74, 6) is 0.518. The van der Waals surface area contributed by atoms with Gasteiger partial charge in [-0.1, -0.05) is 12.1 Å². The Hall–Kier alpha value is -2.31. The van der Waals surface area contributed by atoms with Gasteiger partial charge in [-0.05, 0) is 40.9 Å². The zero-order valence-electron chi connectivity index (χ0n) is 12.6. The van der Waals surface area contributed by atoms with E-state index in [0.717, 1.165) is 10.9 Å². The molecule has 120 valence electrons. The number of benzene rings is 1. The average molecular weight is 331 g/mol. The van der Waals surface area contributed by atoms with Gasteiger partial charge in [-0.25, -0.2) is 0 Å². The highest BCUT2D eigenvalue weighted by atomic mass is 32.1. The lowest BCUT2D eigenvalue weighted by molar-refractivity contribution is 0.0917. The van der Waals surface area contributed by atoms with Crippen molar-refractivity contribution >= 4 is 28.2 Å². The standard InChI is InChI=1S/C17H17NO4S/c1-21-14-4-2-3-11-9-15(22-16(11)14)17(20)18-7-5-13(19)12-6-8-23-10-12/h2-4,6,8-10,13,19H,5,7H2,1H3,(H,18,20)/t13-/m0/s1. The van der Waals surface area contributed by atoms with Crippen LogP contribution in [0.5, 0.6) is 5.75 Å². The summed E-state index contributed by atoms with van der Waals surface area (Å²) in [6, 6.07) is 9.05. The van der Waals surface area contributed by atoms with Gasteiger partial charge in [0.1, 0.15) is 0 Å². The topological polar surface area (TPSA) is 71.7 Å². The number of aliphatic hydroxyl groups is 1. The SMILES string of the molecule is COc1cccc2cc(C(=O)NCC[C@H](O)c3ccsc3)oc12. The minimum absolute atomic E-state index is 0.231. The molecule has 1 aromatic carbocycles. The van der Waals surface area contributed by atoms with Crippen molar-refractivity contribution in [1.82, 2.24) is 5.32 Å². The number of carbonyl (C=O) groups excluding carboxylic acids is 1. The normalized spacial score (nSPS) is 12.3. The van der Waals surface area contributed by atoms with Crippen molar-refractivity contribution in [2.24, 2.45) is 0 Å². The van der Waals surface area contributed by atoms with Gasteiger partial charge in [0.2, 0.25) is 0 Å². The van der Waals surface area contributed by atoms with Crippen molar-refractivity contribution in [1.29, 1.82) is 0 Å². The zero-order chi connectivity index (χ0) is 16.2. The van der Waals surface area contributed by atoms with E-state index in [1.807, 2.05) is 29.0 Å². The molecule has 1 amide bonds. The Morgan fingerprint density at radius 2 is 2.30 bits per heavy atom. The number of methoxy groups -OCH3 is 1. The fourth-order valence-corrected chi connectivity index (χ4v) is 3.06. The van der Waals surface area contributed by atoms with Crippen LogP contribution < -0.4 is 10.1 Å². The lowest BCUT2D eigenvalue weighted by Crippen LogP contribution is -2.25. The highest BCUT2D eigenvalue weighted by molar-refractivity contribution is 7.07. The van der Waals surface area contributed by atoms with Crippen LogP contribution in [0.3, 0.4) is 0 Å². The fourth-order valence-electron chi connectivity index (χ4n) is 2.35. The van der Waals surface area contributed by atoms with Crippen LogP contribution in [0, 0.1) is 0 Å². The summed E-state index contributed by atoms with van der Waals surface area (Å²) in [6.07, 6.45) is -0.122. The summed E-state index contributed by atoms with van der Waals surface area (Å²) < 4.78 is 10.8. The first-order chi connectivity index (χ1) is 11.2. The molecular formula is C17H17NO4S. The molecule has 0 aliphatic rings. The largest absolute Gasteiger partial charge is 0.493 e. The molecule has 2 N–H and O–H groups in total. The molecule has 2 aromatic heterocycles. The first-order valence-corrected chi connectivity index (χ1v) is 8.18. The number of ether oxygens (including phenoxy) is 1. The van der Waals surface area contributed by atoms with Crippen LogP contribution in [-0.2, 0) is 0 Å². The Balaban J connectivity index is 1.62. The van der Waals surface area contributed by atoms with Gasteiger partial charge < -0.3 is 19.6 Å². The summed E-state index contributed by atoms with van der Waals surface area (Å²) in [4.78, 5) is 12.2. The van der Waals surface area contributed by atoms with Crippen molar-refractivity contribution in [3.8, 4) is 5.75 Å². The molecule has 3 aromatic rings. The quantitative estimate of drug-likeness (QED) is 0.726. The van der Waals surface area contributed by atoms with E-state index in [1.165, 1.54) is 11.3 Å². The maximum atomic E-state index is 12.2. The number of aliphatic hydroxyl groups excluding tert-OH is 1. The Morgan fingerprint density at radius 3 is 3.04 bits per heavy atom. The lowest BCUT2D eigenvalue weighted by Gasteiger charge is -2.09. The highest BCUT2D eigenvalue weighted by Crippen LogP contribution is 2.28. The Labute approximate surface area is 137 Å². The number of rotatable bonds is 6. The molecule has 0 bridgehead atoms. The van der Waals surface area contributed by atoms with Crippen LogP contribution >= 0.6 is 11.3 Å². The number of hydrogen-bond acceptors (Lipinski definition) is 5. The van der Waals surface area contributed by atoms with Crippen LogP contribution in [-0.4, -0.2) is 24.7 Å². The summed E-state index contributed by atoms with van der Waals surface area (Å²) in [5, 5.41) is 17.4. The molecule has 0 unspecified atom stereocenters. The summed E-state index contributed by atoms with van der Waals surface area (Å²) in [7, 11) is 1.56. The lowest BCUT2D eigenvalue weighted by atomic mass is 10.1. The smallest absolute Gasteiger partial charge is 0.287 e. The van der Waals surface area contributed by atoms with Gasteiger partial charge in [0.05, 0.1) is 13.2 Å². The number of furan rings is 1. The summed E-state index contributed by atoms with van der Waals surface area (Å²) >= 11 is 1.54. The zero-order valence-corrected chi connectivity index (χ0v) is 13.4. The molecule has 0 aliphatic carbocycles. The predicted octanol–water partition coefficient (Wildman–Crippen LogP) is 3.36. The van der Waals surface area contributed by atoms with E-state index in [1.54, 1.807) is 19.2 Å². The molecule has 0 fully saturated rings. The van der Waals surface area contributed by atoms with Gasteiger partial charge in [-0.3, -0.25) is 4.79 Å². The predicted molar refractivity (Wildman–Crippen MR) is 89.0 cm³/mol. The molecule has 5 nitrogen and oxygen atoms in total. The van der Waals surface area contributed by atoms with E-state index < -0.39 is 6.10 Å². The van der Waals surface area contributed by atoms with Gasteiger partial charge in [0.25, 0.3) is 5.91 Å². The number of nitrogens with one attached hydrogen (secondary N) is 1. The monoisotopic (exact) mass is 331 g/mol. The second-order valence-electron chi connectivity index (χ2n) is 5.11. The van der Waals surface area contributed by atoms with Crippen molar-refractivity contribution in [3.63, 3.8) is 0 Å². The van der Waals surface area contributed by atoms with E-state index in [0.29, 0.717) is 24.3 Å². The minimum atomic E-state index is -0.572. The molecule has 6 heteroatoms. The van der Waals surface area contributed by atoms with Gasteiger partial charge >= 0.3 is 0 Å². The molecule has 2 heterocycles. The second-order valence-corrected chi connectivity index (χ2v) is 5.89. The van der Waals surface area contributed by atoms with Gasteiger partial charge in [0.15, 0.2) is 17.1 Å². The molecule has 1 atom stereocenters. The van der Waals surface area contributed by atoms with Gasteiger partial charge in [-0.2, -0.15) is 11.3 Å². The summed E-state index contributed by atoms with van der Waals surface area (Å²) in [5.41, 5.74) is 1.43. The Bertz CT molecular complexity index is 794. The number of para-hydroxylation sites is 1. The van der Waals surface area contributed by atoms with Crippen molar-refractivity contribution in [3.05, 3.63) is 52.4 Å². The van der Waals surface area contributed by atoms with Crippen LogP contribution in [0.4, 0.5) is 0 Å². The first kappa shape index (κ1) is 15.6. The maximum Gasteiger partial charge on any atom is 0.287 e. The van der Waals surface area contributed by atoms with Crippen LogP contribution in [0.25, 0.3) is 11.0 Å². The number of hydrogen-bond donors (Lipinski definition) is 2. The van der Waals surface area contributed by atoms with E-state index >= 15 is 0 Å². The molecule has 0 spiro atoms. The number of carbonyl (C=O) groups is 1. The maximum absolute atomic E-state index is 12.2. The fraction of sp³-hybridized carbons (Fsp3) is 0.235. The van der Waals surface area contributed by atoms with Crippen molar-refractivity contribution in [2.75, 3.05) is 13.7 Å². The van der Waals surface area contributed by atoms with Crippen molar-refractivity contribution < 1.29 is 19.1 Å². The van der Waals surface area contributed by atoms with E-state index in [9.17, 15) is 9.90 Å². The first-order valence-electron chi connectivity index (χ1n) is 7.24.